The van der Waals surface area contributed by atoms with Gasteiger partial charge in [-0.1, -0.05) is 6.42 Å². The van der Waals surface area contributed by atoms with Crippen LogP contribution in [0.2, 0.25) is 0 Å². The van der Waals surface area contributed by atoms with Crippen LogP contribution < -0.4 is 0 Å². The predicted octanol–water partition coefficient (Wildman–Crippen LogP) is 0.902. The SMILES string of the molecule is CC(C(=O)N(C)C)S(=O)(=O)N1CCCCC1CCCC(=O)O. The van der Waals surface area contributed by atoms with Gasteiger partial charge in [0.15, 0.2) is 5.25 Å². The van der Waals surface area contributed by atoms with Crippen LogP contribution in [-0.2, 0) is 19.6 Å². The highest BCUT2D eigenvalue weighted by molar-refractivity contribution is 7.90. The number of nitrogens with zero attached hydrogens (tertiary/aromatic N) is 2. The van der Waals surface area contributed by atoms with Crippen LogP contribution in [0.4, 0.5) is 0 Å². The molecule has 7 nitrogen and oxygen atoms in total. The number of sulfonamides is 1. The van der Waals surface area contributed by atoms with Gasteiger partial charge in [-0.3, -0.25) is 9.59 Å². The van der Waals surface area contributed by atoms with Crippen LogP contribution in [0.15, 0.2) is 0 Å². The van der Waals surface area contributed by atoms with Crippen molar-refractivity contribution in [3.8, 4) is 0 Å². The molecule has 0 aromatic carbocycles. The molecule has 0 aromatic rings. The Morgan fingerprint density at radius 3 is 2.50 bits per heavy atom. The molecule has 1 fully saturated rings. The summed E-state index contributed by atoms with van der Waals surface area (Å²) in [4.78, 5) is 23.9. The van der Waals surface area contributed by atoms with Crippen LogP contribution in [0.25, 0.3) is 0 Å². The second-order valence-electron chi connectivity index (χ2n) is 5.97. The molecule has 0 spiro atoms. The lowest BCUT2D eigenvalue weighted by molar-refractivity contribution is -0.137. The first-order valence-corrected chi connectivity index (χ1v) is 9.12. The first-order valence-electron chi connectivity index (χ1n) is 7.61. The normalized spacial score (nSPS) is 21.3. The molecular formula is C14H26N2O5S. The lowest BCUT2D eigenvalue weighted by Crippen LogP contribution is -2.50. The molecule has 2 unspecified atom stereocenters. The van der Waals surface area contributed by atoms with E-state index < -0.39 is 27.1 Å². The van der Waals surface area contributed by atoms with Gasteiger partial charge in [-0.15, -0.1) is 0 Å². The standard InChI is InChI=1S/C14H26N2O5S/c1-11(14(19)15(2)3)22(20,21)16-10-5-4-7-12(16)8-6-9-13(17)18/h11-12H,4-10H2,1-3H3,(H,17,18). The Balaban J connectivity index is 2.83. The van der Waals surface area contributed by atoms with Crippen LogP contribution >= 0.6 is 0 Å². The van der Waals surface area contributed by atoms with E-state index in [1.54, 1.807) is 0 Å². The Morgan fingerprint density at radius 1 is 1.32 bits per heavy atom. The summed E-state index contributed by atoms with van der Waals surface area (Å²) in [6.07, 6.45) is 3.44. The van der Waals surface area contributed by atoms with Crippen LogP contribution in [0.5, 0.6) is 0 Å². The summed E-state index contributed by atoms with van der Waals surface area (Å²) in [5.41, 5.74) is 0. The number of hydrogen-bond acceptors (Lipinski definition) is 4. The van der Waals surface area contributed by atoms with E-state index in [2.05, 4.69) is 0 Å². The number of hydrogen-bond donors (Lipinski definition) is 1. The summed E-state index contributed by atoms with van der Waals surface area (Å²) in [5.74, 6) is -1.31. The molecule has 1 aliphatic heterocycles. The van der Waals surface area contributed by atoms with E-state index in [1.807, 2.05) is 0 Å². The third-order valence-corrected chi connectivity index (χ3v) is 6.29. The number of amides is 1. The Hall–Kier alpha value is -1.15. The highest BCUT2D eigenvalue weighted by Gasteiger charge is 2.39. The van der Waals surface area contributed by atoms with E-state index in [0.717, 1.165) is 19.3 Å². The molecule has 22 heavy (non-hydrogen) atoms. The number of piperidine rings is 1. The van der Waals surface area contributed by atoms with E-state index in [9.17, 15) is 18.0 Å². The molecule has 1 saturated heterocycles. The molecule has 0 aliphatic carbocycles. The maximum Gasteiger partial charge on any atom is 0.303 e. The molecule has 0 radical (unpaired) electrons. The average Bonchev–Trinajstić information content (AvgIpc) is 2.45. The first kappa shape index (κ1) is 18.9. The zero-order valence-electron chi connectivity index (χ0n) is 13.5. The van der Waals surface area contributed by atoms with Crippen molar-refractivity contribution < 1.29 is 23.1 Å². The Kier molecular flexibility index (Phi) is 6.80. The minimum Gasteiger partial charge on any atom is -0.481 e. The van der Waals surface area contributed by atoms with Crippen LogP contribution in [0, 0.1) is 0 Å². The van der Waals surface area contributed by atoms with Crippen LogP contribution in [0.1, 0.15) is 45.4 Å². The fraction of sp³-hybridized carbons (Fsp3) is 0.857. The highest BCUT2D eigenvalue weighted by Crippen LogP contribution is 2.26. The second-order valence-corrected chi connectivity index (χ2v) is 8.17. The Morgan fingerprint density at radius 2 is 1.95 bits per heavy atom. The summed E-state index contributed by atoms with van der Waals surface area (Å²) < 4.78 is 26.8. The zero-order chi connectivity index (χ0) is 16.9. The Labute approximate surface area is 132 Å². The van der Waals surface area contributed by atoms with Gasteiger partial charge in [0.05, 0.1) is 0 Å². The molecule has 1 N–H and O–H groups in total. The van der Waals surface area contributed by atoms with Crippen molar-refractivity contribution in [3.05, 3.63) is 0 Å². The van der Waals surface area contributed by atoms with Crippen molar-refractivity contribution in [2.75, 3.05) is 20.6 Å². The number of carbonyl (C=O) groups excluding carboxylic acids is 1. The highest BCUT2D eigenvalue weighted by atomic mass is 32.2. The van der Waals surface area contributed by atoms with E-state index in [0.29, 0.717) is 19.4 Å². The summed E-state index contributed by atoms with van der Waals surface area (Å²) in [6, 6.07) is -0.199. The number of aliphatic carboxylic acids is 1. The van der Waals surface area contributed by atoms with Crippen molar-refractivity contribution in [3.63, 3.8) is 0 Å². The fourth-order valence-electron chi connectivity index (χ4n) is 2.78. The van der Waals surface area contributed by atoms with E-state index in [4.69, 9.17) is 5.11 Å². The second kappa shape index (κ2) is 7.92. The van der Waals surface area contributed by atoms with Crippen LogP contribution in [0.3, 0.4) is 0 Å². The molecule has 1 aliphatic rings. The largest absolute Gasteiger partial charge is 0.481 e. The van der Waals surface area contributed by atoms with Crippen molar-refractivity contribution in [2.24, 2.45) is 0 Å². The van der Waals surface area contributed by atoms with Gasteiger partial charge >= 0.3 is 5.97 Å². The molecule has 0 saturated carbocycles. The van der Waals surface area contributed by atoms with Gasteiger partial charge < -0.3 is 10.0 Å². The molecule has 2 atom stereocenters. The number of carboxylic acid groups (broad SMARTS) is 1. The van der Waals surface area contributed by atoms with Gasteiger partial charge in [-0.2, -0.15) is 4.31 Å². The topological polar surface area (TPSA) is 95.0 Å². The average molecular weight is 334 g/mol. The number of carboxylic acids is 1. The van der Waals surface area contributed by atoms with E-state index in [1.165, 1.54) is 30.2 Å². The molecule has 1 rings (SSSR count). The van der Waals surface area contributed by atoms with Crippen LogP contribution in [-0.4, -0.2) is 66.5 Å². The smallest absolute Gasteiger partial charge is 0.303 e. The molecule has 128 valence electrons. The summed E-state index contributed by atoms with van der Waals surface area (Å²) in [6.45, 7) is 1.83. The maximum atomic E-state index is 12.7. The first-order chi connectivity index (χ1) is 10.2. The molecular weight excluding hydrogens is 308 g/mol. The van der Waals surface area contributed by atoms with Crippen molar-refractivity contribution in [2.45, 2.75) is 56.7 Å². The molecule has 1 heterocycles. The Bertz CT molecular complexity index is 503. The van der Waals surface area contributed by atoms with Crippen molar-refractivity contribution >= 4 is 21.9 Å². The van der Waals surface area contributed by atoms with Crippen molar-refractivity contribution in [1.29, 1.82) is 0 Å². The van der Waals surface area contributed by atoms with Gasteiger partial charge in [-0.05, 0) is 32.6 Å². The quantitative estimate of drug-likeness (QED) is 0.746. The molecule has 8 heteroatoms. The molecule has 1 amide bonds. The molecule has 0 bridgehead atoms. The minimum atomic E-state index is -3.71. The van der Waals surface area contributed by atoms with Gasteiger partial charge in [0.1, 0.15) is 0 Å². The zero-order valence-corrected chi connectivity index (χ0v) is 14.3. The number of rotatable bonds is 7. The maximum absolute atomic E-state index is 12.7. The minimum absolute atomic E-state index is 0.0383. The number of carbonyl (C=O) groups is 2. The van der Waals surface area contributed by atoms with Gasteiger partial charge in [0, 0.05) is 33.1 Å². The van der Waals surface area contributed by atoms with Crippen molar-refractivity contribution in [1.82, 2.24) is 9.21 Å². The van der Waals surface area contributed by atoms with E-state index in [-0.39, 0.29) is 12.5 Å². The summed E-state index contributed by atoms with van der Waals surface area (Å²) in [7, 11) is -0.638. The fourth-order valence-corrected chi connectivity index (χ4v) is 4.66. The van der Waals surface area contributed by atoms with Gasteiger partial charge in [0.25, 0.3) is 0 Å². The lowest BCUT2D eigenvalue weighted by atomic mass is 10.00. The molecule has 0 aromatic heterocycles. The van der Waals surface area contributed by atoms with Gasteiger partial charge in [0.2, 0.25) is 15.9 Å². The van der Waals surface area contributed by atoms with Gasteiger partial charge in [-0.25, -0.2) is 8.42 Å². The lowest BCUT2D eigenvalue weighted by Gasteiger charge is -2.36. The third kappa shape index (κ3) is 4.67. The monoisotopic (exact) mass is 334 g/mol. The predicted molar refractivity (Wildman–Crippen MR) is 82.9 cm³/mol. The third-order valence-electron chi connectivity index (χ3n) is 4.06. The summed E-state index contributed by atoms with van der Waals surface area (Å²) in [5, 5.41) is 7.60. The summed E-state index contributed by atoms with van der Waals surface area (Å²) >= 11 is 0. The van der Waals surface area contributed by atoms with E-state index >= 15 is 0 Å².